The molecule has 3 aromatic heterocycles. The van der Waals surface area contributed by atoms with E-state index < -0.39 is 12.0 Å². The molecule has 1 amide bonds. The summed E-state index contributed by atoms with van der Waals surface area (Å²) in [5.41, 5.74) is 0.144. The van der Waals surface area contributed by atoms with Crippen LogP contribution in [0.5, 0.6) is 0 Å². The summed E-state index contributed by atoms with van der Waals surface area (Å²) < 4.78 is 12.2. The van der Waals surface area contributed by atoms with Gasteiger partial charge in [0.1, 0.15) is 23.8 Å². The highest BCUT2D eigenvalue weighted by Gasteiger charge is 2.43. The van der Waals surface area contributed by atoms with Gasteiger partial charge in [-0.15, -0.1) is 23.1 Å². The van der Waals surface area contributed by atoms with Gasteiger partial charge in [0.05, 0.1) is 12.0 Å². The molecule has 0 aliphatic carbocycles. The molecule has 4 rings (SSSR count). The maximum absolute atomic E-state index is 12.6. The van der Waals surface area contributed by atoms with Crippen molar-refractivity contribution < 1.29 is 18.7 Å². The molecular formula is C17H15N3O5S2. The van der Waals surface area contributed by atoms with Crippen LogP contribution in [0.4, 0.5) is 0 Å². The van der Waals surface area contributed by atoms with E-state index in [0.29, 0.717) is 22.2 Å². The molecule has 0 N–H and O–H groups in total. The fourth-order valence-electron chi connectivity index (χ4n) is 2.93. The number of furan rings is 1. The lowest BCUT2D eigenvalue weighted by atomic mass is 10.2. The lowest BCUT2D eigenvalue weighted by molar-refractivity contribution is -0.154. The number of carbonyl (C=O) groups excluding carboxylic acids is 2. The molecule has 3 aromatic rings. The number of hydrogen-bond donors (Lipinski definition) is 0. The summed E-state index contributed by atoms with van der Waals surface area (Å²) in [7, 11) is 0. The van der Waals surface area contributed by atoms with Gasteiger partial charge in [-0.1, -0.05) is 0 Å². The van der Waals surface area contributed by atoms with Crippen molar-refractivity contribution in [3.8, 4) is 0 Å². The lowest BCUT2D eigenvalue weighted by Gasteiger charge is -2.25. The Morgan fingerprint density at radius 3 is 3.04 bits per heavy atom. The monoisotopic (exact) mass is 405 g/mol. The molecule has 0 unspecified atom stereocenters. The maximum atomic E-state index is 12.6. The van der Waals surface area contributed by atoms with E-state index in [4.69, 9.17) is 9.15 Å². The molecule has 0 saturated carbocycles. The van der Waals surface area contributed by atoms with Gasteiger partial charge in [0.25, 0.3) is 5.56 Å². The van der Waals surface area contributed by atoms with Crippen LogP contribution in [0.15, 0.2) is 45.3 Å². The summed E-state index contributed by atoms with van der Waals surface area (Å²) in [5, 5.41) is 1.40. The molecule has 27 heavy (non-hydrogen) atoms. The Bertz CT molecular complexity index is 1040. The number of hydrogen-bond acceptors (Lipinski definition) is 8. The van der Waals surface area contributed by atoms with Crippen LogP contribution in [0.2, 0.25) is 0 Å². The van der Waals surface area contributed by atoms with Crippen molar-refractivity contribution in [2.45, 2.75) is 24.9 Å². The molecule has 1 aliphatic heterocycles. The van der Waals surface area contributed by atoms with E-state index in [1.54, 1.807) is 23.7 Å². The average Bonchev–Trinajstić information content (AvgIpc) is 3.38. The predicted molar refractivity (Wildman–Crippen MR) is 99.4 cm³/mol. The van der Waals surface area contributed by atoms with E-state index in [0.717, 1.165) is 0 Å². The molecule has 140 valence electrons. The Labute approximate surface area is 161 Å². The van der Waals surface area contributed by atoms with Crippen LogP contribution in [0, 0.1) is 0 Å². The van der Waals surface area contributed by atoms with Gasteiger partial charge in [0.15, 0.2) is 4.96 Å². The number of rotatable bonds is 4. The second kappa shape index (κ2) is 7.20. The number of esters is 1. The van der Waals surface area contributed by atoms with Crippen LogP contribution in [0.1, 0.15) is 23.8 Å². The fourth-order valence-corrected chi connectivity index (χ4v) is 5.08. The first-order valence-corrected chi connectivity index (χ1v) is 10.0. The minimum Gasteiger partial charge on any atom is -0.466 e. The largest absolute Gasteiger partial charge is 0.466 e. The SMILES string of the molecule is CC(=O)N1[C@H](C(=O)OCc2cc(=O)n3ccsc3n2)CS[C@H]1c1ccco1. The third kappa shape index (κ3) is 3.37. The smallest absolute Gasteiger partial charge is 0.330 e. The zero-order valence-electron chi connectivity index (χ0n) is 14.2. The quantitative estimate of drug-likeness (QED) is 0.613. The molecule has 1 aliphatic rings. The Morgan fingerprint density at radius 1 is 1.44 bits per heavy atom. The first kappa shape index (κ1) is 17.8. The van der Waals surface area contributed by atoms with E-state index in [9.17, 15) is 14.4 Å². The highest BCUT2D eigenvalue weighted by Crippen LogP contribution is 2.41. The van der Waals surface area contributed by atoms with Crippen molar-refractivity contribution in [1.29, 1.82) is 0 Å². The molecule has 4 heterocycles. The molecule has 1 fully saturated rings. The molecule has 2 atom stereocenters. The molecule has 0 aromatic carbocycles. The number of aromatic nitrogens is 2. The van der Waals surface area contributed by atoms with Crippen molar-refractivity contribution in [2.75, 3.05) is 5.75 Å². The number of fused-ring (bicyclic) bond motifs is 1. The second-order valence-corrected chi connectivity index (χ2v) is 7.88. The van der Waals surface area contributed by atoms with E-state index in [-0.39, 0.29) is 23.4 Å². The number of thioether (sulfide) groups is 1. The second-order valence-electron chi connectivity index (χ2n) is 5.89. The number of ether oxygens (including phenoxy) is 1. The Balaban J connectivity index is 1.48. The third-order valence-electron chi connectivity index (χ3n) is 4.14. The summed E-state index contributed by atoms with van der Waals surface area (Å²) in [6, 6.07) is 4.14. The highest BCUT2D eigenvalue weighted by molar-refractivity contribution is 7.99. The van der Waals surface area contributed by atoms with Crippen molar-refractivity contribution in [1.82, 2.24) is 14.3 Å². The van der Waals surface area contributed by atoms with Crippen molar-refractivity contribution in [3.05, 3.63) is 57.8 Å². The summed E-state index contributed by atoms with van der Waals surface area (Å²) in [5.74, 6) is 0.257. The Morgan fingerprint density at radius 2 is 2.30 bits per heavy atom. The third-order valence-corrected chi connectivity index (χ3v) is 6.18. The van der Waals surface area contributed by atoms with Gasteiger partial charge >= 0.3 is 5.97 Å². The molecule has 0 bridgehead atoms. The average molecular weight is 405 g/mol. The summed E-state index contributed by atoms with van der Waals surface area (Å²) in [6.07, 6.45) is 3.17. The van der Waals surface area contributed by atoms with E-state index >= 15 is 0 Å². The van der Waals surface area contributed by atoms with Gasteiger partial charge in [-0.05, 0) is 12.1 Å². The highest BCUT2D eigenvalue weighted by atomic mass is 32.2. The lowest BCUT2D eigenvalue weighted by Crippen LogP contribution is -2.42. The molecule has 1 saturated heterocycles. The van der Waals surface area contributed by atoms with Crippen molar-refractivity contribution in [2.24, 2.45) is 0 Å². The predicted octanol–water partition coefficient (Wildman–Crippen LogP) is 2.05. The number of amides is 1. The summed E-state index contributed by atoms with van der Waals surface area (Å²) >= 11 is 2.77. The normalized spacial score (nSPS) is 19.5. The number of carbonyl (C=O) groups is 2. The standard InChI is InChI=1S/C17H15N3O5S2/c1-10(21)20-12(9-27-15(20)13-3-2-5-24-13)16(23)25-8-11-7-14(22)19-4-6-26-17(19)18-11/h2-7,12,15H,8-9H2,1H3/t12-,15-/m0/s1. The zero-order chi connectivity index (χ0) is 19.0. The Kier molecular flexibility index (Phi) is 4.75. The maximum Gasteiger partial charge on any atom is 0.330 e. The van der Waals surface area contributed by atoms with Gasteiger partial charge in [-0.3, -0.25) is 14.0 Å². The zero-order valence-corrected chi connectivity index (χ0v) is 15.9. The summed E-state index contributed by atoms with van der Waals surface area (Å²) in [6.45, 7) is 1.29. The topological polar surface area (TPSA) is 94.1 Å². The van der Waals surface area contributed by atoms with Crippen LogP contribution < -0.4 is 5.56 Å². The van der Waals surface area contributed by atoms with Crippen LogP contribution in [0.3, 0.4) is 0 Å². The van der Waals surface area contributed by atoms with Gasteiger partial charge < -0.3 is 14.1 Å². The molecular weight excluding hydrogens is 390 g/mol. The molecule has 8 nitrogen and oxygen atoms in total. The van der Waals surface area contributed by atoms with Gasteiger partial charge in [0.2, 0.25) is 5.91 Å². The van der Waals surface area contributed by atoms with E-state index in [2.05, 4.69) is 4.98 Å². The van der Waals surface area contributed by atoms with Crippen LogP contribution >= 0.6 is 23.1 Å². The van der Waals surface area contributed by atoms with Gasteiger partial charge in [0, 0.05) is 30.3 Å². The van der Waals surface area contributed by atoms with Crippen molar-refractivity contribution in [3.63, 3.8) is 0 Å². The van der Waals surface area contributed by atoms with Crippen LogP contribution in [-0.4, -0.2) is 38.0 Å². The van der Waals surface area contributed by atoms with E-state index in [1.165, 1.54) is 51.7 Å². The van der Waals surface area contributed by atoms with Gasteiger partial charge in [-0.2, -0.15) is 0 Å². The molecule has 10 heteroatoms. The number of thiazole rings is 1. The fraction of sp³-hybridized carbons (Fsp3) is 0.294. The molecule has 0 radical (unpaired) electrons. The van der Waals surface area contributed by atoms with Gasteiger partial charge in [-0.25, -0.2) is 9.78 Å². The van der Waals surface area contributed by atoms with E-state index in [1.807, 2.05) is 0 Å². The van der Waals surface area contributed by atoms with Crippen molar-refractivity contribution >= 4 is 39.9 Å². The minimum atomic E-state index is -0.714. The minimum absolute atomic E-state index is 0.124. The first-order valence-electron chi connectivity index (χ1n) is 8.11. The van der Waals surface area contributed by atoms with Crippen LogP contribution in [0.25, 0.3) is 4.96 Å². The number of nitrogens with zero attached hydrogens (tertiary/aromatic N) is 3. The first-order chi connectivity index (χ1) is 13.0. The molecule has 0 spiro atoms. The summed E-state index contributed by atoms with van der Waals surface area (Å²) in [4.78, 5) is 43.0. The Hall–Kier alpha value is -2.59. The van der Waals surface area contributed by atoms with Crippen LogP contribution in [-0.2, 0) is 20.9 Å².